The number of sulfone groups is 1. The van der Waals surface area contributed by atoms with Crippen LogP contribution in [0.2, 0.25) is 0 Å². The Morgan fingerprint density at radius 3 is 1.56 bits per heavy atom. The molecule has 0 radical (unpaired) electrons. The van der Waals surface area contributed by atoms with E-state index in [4.69, 9.17) is 0 Å². The van der Waals surface area contributed by atoms with Crippen molar-refractivity contribution >= 4 is 9.84 Å². The van der Waals surface area contributed by atoms with Gasteiger partial charge < -0.3 is 0 Å². The van der Waals surface area contributed by atoms with Crippen molar-refractivity contribution < 1.29 is 8.42 Å². The van der Waals surface area contributed by atoms with E-state index in [1.807, 2.05) is 0 Å². The van der Waals surface area contributed by atoms with E-state index in [-0.39, 0.29) is 7.43 Å². The third-order valence-electron chi connectivity index (χ3n) is 3.36. The van der Waals surface area contributed by atoms with E-state index in [1.54, 1.807) is 0 Å². The van der Waals surface area contributed by atoms with Gasteiger partial charge in [-0.15, -0.1) is 0 Å². The molecule has 16 heavy (non-hydrogen) atoms. The second kappa shape index (κ2) is 5.02. The molecule has 2 fully saturated rings. The van der Waals surface area contributed by atoms with Crippen molar-refractivity contribution in [1.82, 2.24) is 9.80 Å². The summed E-state index contributed by atoms with van der Waals surface area (Å²) >= 11 is 0. The highest BCUT2D eigenvalue weighted by molar-refractivity contribution is 7.91. The minimum atomic E-state index is -2.82. The Morgan fingerprint density at radius 2 is 1.31 bits per heavy atom. The number of hydrogen-bond acceptors (Lipinski definition) is 4. The summed E-state index contributed by atoms with van der Waals surface area (Å²) in [5, 5.41) is 0. The largest absolute Gasteiger partial charge is 0.297 e. The Kier molecular flexibility index (Phi) is 4.37. The summed E-state index contributed by atoms with van der Waals surface area (Å²) in [7, 11) is -2.82. The van der Waals surface area contributed by atoms with Crippen molar-refractivity contribution in [1.29, 1.82) is 0 Å². The summed E-state index contributed by atoms with van der Waals surface area (Å²) in [6.07, 6.45) is 0. The van der Waals surface area contributed by atoms with Gasteiger partial charge in [0, 0.05) is 38.3 Å². The summed E-state index contributed by atoms with van der Waals surface area (Å²) in [6, 6.07) is 1.21. The van der Waals surface area contributed by atoms with Gasteiger partial charge in [0.2, 0.25) is 0 Å². The molecule has 2 aliphatic heterocycles. The summed E-state index contributed by atoms with van der Waals surface area (Å²) in [4.78, 5) is 4.38. The zero-order chi connectivity index (χ0) is 11.1. The van der Waals surface area contributed by atoms with E-state index in [0.717, 1.165) is 26.2 Å². The first-order chi connectivity index (χ1) is 6.98. The highest BCUT2D eigenvalue weighted by Crippen LogP contribution is 2.17. The van der Waals surface area contributed by atoms with Crippen molar-refractivity contribution in [2.45, 2.75) is 33.4 Å². The molecule has 96 valence electrons. The first-order valence-corrected chi connectivity index (χ1v) is 7.48. The van der Waals surface area contributed by atoms with E-state index < -0.39 is 9.84 Å². The Labute approximate surface area is 99.5 Å². The van der Waals surface area contributed by atoms with E-state index in [9.17, 15) is 8.42 Å². The van der Waals surface area contributed by atoms with Crippen molar-refractivity contribution in [3.05, 3.63) is 0 Å². The normalized spacial score (nSPS) is 36.6. The molecule has 2 heterocycles. The summed E-state index contributed by atoms with van der Waals surface area (Å²) in [5.41, 5.74) is 0. The number of nitrogens with zero attached hydrogens (tertiary/aromatic N) is 2. The molecule has 0 amide bonds. The van der Waals surface area contributed by atoms with Gasteiger partial charge in [0.25, 0.3) is 0 Å². The molecule has 2 rings (SSSR count). The summed E-state index contributed by atoms with van der Waals surface area (Å²) in [6.45, 7) is 7.84. The van der Waals surface area contributed by atoms with Crippen LogP contribution in [0, 0.1) is 0 Å². The minimum Gasteiger partial charge on any atom is -0.297 e. The molecule has 0 aromatic heterocycles. The molecule has 0 N–H and O–H groups in total. The maximum atomic E-state index is 11.7. The van der Waals surface area contributed by atoms with Crippen LogP contribution in [0.1, 0.15) is 21.3 Å². The molecule has 2 saturated heterocycles. The fourth-order valence-corrected chi connectivity index (χ4v) is 3.05. The van der Waals surface area contributed by atoms with E-state index >= 15 is 0 Å². The Hall–Kier alpha value is -0.130. The van der Waals surface area contributed by atoms with Crippen LogP contribution in [-0.4, -0.2) is 68.0 Å². The topological polar surface area (TPSA) is 40.2 Å². The molecule has 4 unspecified atom stereocenters. The van der Waals surface area contributed by atoms with Crippen LogP contribution in [0.5, 0.6) is 0 Å². The number of hydrogen-bond donors (Lipinski definition) is 0. The fraction of sp³-hybridized carbons (Fsp3) is 1.00. The highest BCUT2D eigenvalue weighted by atomic mass is 32.2. The average molecular weight is 248 g/mol. The van der Waals surface area contributed by atoms with Gasteiger partial charge in [-0.25, -0.2) is 8.42 Å². The second-order valence-electron chi connectivity index (χ2n) is 4.84. The van der Waals surface area contributed by atoms with Crippen molar-refractivity contribution in [2.24, 2.45) is 0 Å². The SMILES string of the molecule is C.CC1CN1CCS(=O)(=O)CCN1CC1C. The second-order valence-corrected chi connectivity index (χ2v) is 7.14. The maximum absolute atomic E-state index is 11.7. The van der Waals surface area contributed by atoms with Crippen LogP contribution in [0.4, 0.5) is 0 Å². The van der Waals surface area contributed by atoms with Crippen molar-refractivity contribution in [3.63, 3.8) is 0 Å². The fourth-order valence-electron chi connectivity index (χ4n) is 1.82. The van der Waals surface area contributed by atoms with E-state index in [1.165, 1.54) is 0 Å². The Balaban J connectivity index is 0.00000128. The molecule has 4 atom stereocenters. The molecule has 0 aliphatic carbocycles. The van der Waals surface area contributed by atoms with Gasteiger partial charge in [0.1, 0.15) is 0 Å². The quantitative estimate of drug-likeness (QED) is 0.640. The zero-order valence-corrected chi connectivity index (χ0v) is 10.3. The predicted octanol–water partition coefficient (Wildman–Crippen LogP) is 0.446. The minimum absolute atomic E-state index is 0. The Bertz CT molecular complexity index is 303. The van der Waals surface area contributed by atoms with Crippen molar-refractivity contribution in [3.8, 4) is 0 Å². The Morgan fingerprint density at radius 1 is 1.00 bits per heavy atom. The molecular formula is C11H24N2O2S. The highest BCUT2D eigenvalue weighted by Gasteiger charge is 2.32. The monoisotopic (exact) mass is 248 g/mol. The standard InChI is InChI=1S/C10H20N2O2S.CH4/c1-9-7-11(9)3-5-15(13,14)6-4-12-8-10(12)2;/h9-10H,3-8H2,1-2H3;1H4. The third kappa shape index (κ3) is 4.03. The van der Waals surface area contributed by atoms with Gasteiger partial charge in [0.15, 0.2) is 9.84 Å². The summed E-state index contributed by atoms with van der Waals surface area (Å²) < 4.78 is 23.3. The maximum Gasteiger partial charge on any atom is 0.152 e. The molecule has 0 spiro atoms. The van der Waals surface area contributed by atoms with Crippen molar-refractivity contribution in [2.75, 3.05) is 37.7 Å². The third-order valence-corrected chi connectivity index (χ3v) is 4.97. The van der Waals surface area contributed by atoms with Crippen LogP contribution in [0.15, 0.2) is 0 Å². The molecule has 2 aliphatic rings. The molecule has 0 aromatic carbocycles. The molecule has 5 heteroatoms. The lowest BCUT2D eigenvalue weighted by atomic mass is 10.6. The lowest BCUT2D eigenvalue weighted by molar-refractivity contribution is 0.521. The smallest absolute Gasteiger partial charge is 0.152 e. The van der Waals surface area contributed by atoms with Crippen LogP contribution in [-0.2, 0) is 9.84 Å². The van der Waals surface area contributed by atoms with Gasteiger partial charge in [-0.1, -0.05) is 7.43 Å². The van der Waals surface area contributed by atoms with Gasteiger partial charge >= 0.3 is 0 Å². The molecule has 4 nitrogen and oxygen atoms in total. The molecular weight excluding hydrogens is 224 g/mol. The molecule has 0 bridgehead atoms. The lowest BCUT2D eigenvalue weighted by Gasteiger charge is -2.05. The van der Waals surface area contributed by atoms with Gasteiger partial charge in [0.05, 0.1) is 11.5 Å². The number of rotatable bonds is 6. The van der Waals surface area contributed by atoms with Gasteiger partial charge in [-0.05, 0) is 13.8 Å². The van der Waals surface area contributed by atoms with Crippen LogP contribution >= 0.6 is 0 Å². The molecule has 0 aromatic rings. The predicted molar refractivity (Wildman–Crippen MR) is 67.5 cm³/mol. The lowest BCUT2D eigenvalue weighted by Crippen LogP contribution is -2.23. The van der Waals surface area contributed by atoms with Gasteiger partial charge in [-0.2, -0.15) is 0 Å². The van der Waals surface area contributed by atoms with E-state index in [2.05, 4.69) is 23.6 Å². The van der Waals surface area contributed by atoms with Crippen LogP contribution < -0.4 is 0 Å². The first-order valence-electron chi connectivity index (χ1n) is 5.66. The first kappa shape index (κ1) is 13.9. The zero-order valence-electron chi connectivity index (χ0n) is 9.52. The average Bonchev–Trinajstić information content (AvgIpc) is 3.01. The van der Waals surface area contributed by atoms with Crippen LogP contribution in [0.3, 0.4) is 0 Å². The van der Waals surface area contributed by atoms with E-state index in [0.29, 0.717) is 23.6 Å². The molecule has 0 saturated carbocycles. The van der Waals surface area contributed by atoms with Crippen LogP contribution in [0.25, 0.3) is 0 Å². The summed E-state index contributed by atoms with van der Waals surface area (Å²) in [5.74, 6) is 0.666. The van der Waals surface area contributed by atoms with Gasteiger partial charge in [-0.3, -0.25) is 9.80 Å².